The highest BCUT2D eigenvalue weighted by atomic mass is 35.5. The van der Waals surface area contributed by atoms with E-state index in [1.54, 1.807) is 6.92 Å². The molecule has 10 heavy (non-hydrogen) atoms. The molecule has 0 aliphatic carbocycles. The maximum atomic E-state index is 9.95. The molecule has 0 fully saturated rings. The molecular weight excluding hydrogens is 198 g/mol. The minimum absolute atomic E-state index is 0. The number of amides is 1. The van der Waals surface area contributed by atoms with Gasteiger partial charge in [0.05, 0.1) is 0 Å². The average Bonchev–Trinajstić information content (AvgIpc) is 1.27. The van der Waals surface area contributed by atoms with Gasteiger partial charge in [0.25, 0.3) is 0 Å². The van der Waals surface area contributed by atoms with Crippen LogP contribution in [0.2, 0.25) is 0 Å². The van der Waals surface area contributed by atoms with Crippen LogP contribution in [0.3, 0.4) is 0 Å². The molecule has 0 unspecified atom stereocenters. The van der Waals surface area contributed by atoms with Crippen molar-refractivity contribution in [2.24, 2.45) is 11.5 Å². The predicted octanol–water partition coefficient (Wildman–Crippen LogP) is 0.474. The molecule has 0 aromatic rings. The normalized spacial score (nSPS) is 9.40. The van der Waals surface area contributed by atoms with Gasteiger partial charge in [-0.2, -0.15) is 0 Å². The highest BCUT2D eigenvalue weighted by Gasteiger charge is 1.96. The lowest BCUT2D eigenvalue weighted by atomic mass is 10.2. The molecule has 0 saturated heterocycles. The van der Waals surface area contributed by atoms with Crippen LogP contribution in [-0.4, -0.2) is 11.9 Å². The average molecular weight is 212 g/mol. The van der Waals surface area contributed by atoms with Crippen molar-refractivity contribution in [2.75, 3.05) is 0 Å². The molecule has 0 aliphatic heterocycles. The summed E-state index contributed by atoms with van der Waals surface area (Å²) in [6, 6.07) is -0.0995. The van der Waals surface area contributed by atoms with E-state index < -0.39 is 0 Å². The van der Waals surface area contributed by atoms with Crippen LogP contribution in [0.4, 0.5) is 0 Å². The Labute approximate surface area is 79.1 Å². The highest BCUT2D eigenvalue weighted by molar-refractivity contribution is 5.86. The minimum Gasteiger partial charge on any atom is -0.370 e. The second-order valence-electron chi connectivity index (χ2n) is 1.65. The van der Waals surface area contributed by atoms with E-state index >= 15 is 0 Å². The minimum atomic E-state index is -0.338. The molecule has 0 saturated carbocycles. The largest absolute Gasteiger partial charge is 0.370 e. The molecule has 0 aliphatic rings. The fraction of sp³-hybridized carbons (Fsp3) is 0.750. The second-order valence-corrected chi connectivity index (χ2v) is 1.65. The van der Waals surface area contributed by atoms with Gasteiger partial charge in [-0.05, 0) is 6.92 Å². The number of primary amides is 1. The van der Waals surface area contributed by atoms with Crippen molar-refractivity contribution < 1.29 is 4.79 Å². The van der Waals surface area contributed by atoms with E-state index in [-0.39, 0.29) is 55.6 Å². The molecule has 1 amide bonds. The summed E-state index contributed by atoms with van der Waals surface area (Å²) in [5.41, 5.74) is 9.97. The van der Waals surface area contributed by atoms with Crippen LogP contribution < -0.4 is 11.5 Å². The molecule has 0 heterocycles. The van der Waals surface area contributed by atoms with Gasteiger partial charge in [0.1, 0.15) is 0 Å². The maximum absolute atomic E-state index is 9.95. The first-order chi connectivity index (χ1) is 3.13. The number of rotatable bonds is 2. The van der Waals surface area contributed by atoms with Crippen molar-refractivity contribution in [2.45, 2.75) is 19.4 Å². The topological polar surface area (TPSA) is 69.1 Å². The van der Waals surface area contributed by atoms with Gasteiger partial charge in [-0.3, -0.25) is 4.79 Å². The monoisotopic (exact) mass is 210 g/mol. The summed E-state index contributed by atoms with van der Waals surface area (Å²) in [5, 5.41) is 0. The Hall–Kier alpha value is 0.300. The predicted molar refractivity (Wildman–Crippen MR) is 49.2 cm³/mol. The maximum Gasteiger partial charge on any atom is 0.218 e. The van der Waals surface area contributed by atoms with Crippen LogP contribution >= 0.6 is 37.2 Å². The highest BCUT2D eigenvalue weighted by Crippen LogP contribution is 1.80. The fourth-order valence-electron chi connectivity index (χ4n) is 0.317. The van der Waals surface area contributed by atoms with E-state index in [1.807, 2.05) is 0 Å². The van der Waals surface area contributed by atoms with Gasteiger partial charge >= 0.3 is 0 Å². The summed E-state index contributed by atoms with van der Waals surface area (Å²) in [6.45, 7) is 1.74. The van der Waals surface area contributed by atoms with Crippen LogP contribution in [0.1, 0.15) is 13.3 Å². The zero-order valence-corrected chi connectivity index (χ0v) is 8.02. The van der Waals surface area contributed by atoms with Crippen molar-refractivity contribution in [1.82, 2.24) is 0 Å². The van der Waals surface area contributed by atoms with Gasteiger partial charge in [0.2, 0.25) is 5.91 Å². The van der Waals surface area contributed by atoms with Crippen molar-refractivity contribution in [1.29, 1.82) is 0 Å². The SMILES string of the molecule is C[C@@H](N)CC(N)=O.Cl.Cl.Cl. The third kappa shape index (κ3) is 23.9. The summed E-state index contributed by atoms with van der Waals surface area (Å²) in [5.74, 6) is -0.338. The van der Waals surface area contributed by atoms with Crippen molar-refractivity contribution in [3.63, 3.8) is 0 Å². The fourth-order valence-corrected chi connectivity index (χ4v) is 0.317. The quantitative estimate of drug-likeness (QED) is 0.697. The number of halogens is 3. The van der Waals surface area contributed by atoms with E-state index in [2.05, 4.69) is 0 Å². The van der Waals surface area contributed by atoms with Gasteiger partial charge in [-0.25, -0.2) is 0 Å². The van der Waals surface area contributed by atoms with Gasteiger partial charge < -0.3 is 11.5 Å². The smallest absolute Gasteiger partial charge is 0.218 e. The second kappa shape index (κ2) is 12.0. The summed E-state index contributed by atoms with van der Waals surface area (Å²) >= 11 is 0. The van der Waals surface area contributed by atoms with E-state index in [1.165, 1.54) is 0 Å². The van der Waals surface area contributed by atoms with Crippen LogP contribution in [-0.2, 0) is 4.79 Å². The lowest BCUT2D eigenvalue weighted by Gasteiger charge is -1.96. The number of carbonyl (C=O) groups excluding carboxylic acids is 1. The van der Waals surface area contributed by atoms with Crippen molar-refractivity contribution in [3.8, 4) is 0 Å². The van der Waals surface area contributed by atoms with E-state index in [4.69, 9.17) is 11.5 Å². The van der Waals surface area contributed by atoms with Gasteiger partial charge in [-0.1, -0.05) is 0 Å². The molecule has 0 bridgehead atoms. The van der Waals surface area contributed by atoms with Gasteiger partial charge in [-0.15, -0.1) is 37.2 Å². The Morgan fingerprint density at radius 3 is 1.70 bits per heavy atom. The molecular formula is C4H13Cl3N2O. The third-order valence-electron chi connectivity index (χ3n) is 0.523. The van der Waals surface area contributed by atoms with Crippen LogP contribution in [0.5, 0.6) is 0 Å². The molecule has 0 radical (unpaired) electrons. The molecule has 0 aromatic carbocycles. The van der Waals surface area contributed by atoms with Crippen LogP contribution in [0, 0.1) is 0 Å². The van der Waals surface area contributed by atoms with Crippen LogP contribution in [0.25, 0.3) is 0 Å². The third-order valence-corrected chi connectivity index (χ3v) is 0.523. The standard InChI is InChI=1S/C4H10N2O.3ClH/c1-3(5)2-4(6)7;;;/h3H,2,5H2,1H3,(H2,6,7);3*1H/t3-;;;/m1.../s1. The number of hydrogen-bond donors (Lipinski definition) is 2. The molecule has 4 N–H and O–H groups in total. The zero-order valence-electron chi connectivity index (χ0n) is 5.57. The Kier molecular flexibility index (Phi) is 27.0. The lowest BCUT2D eigenvalue weighted by Crippen LogP contribution is -2.24. The molecule has 6 heteroatoms. The Morgan fingerprint density at radius 1 is 1.40 bits per heavy atom. The van der Waals surface area contributed by atoms with Crippen molar-refractivity contribution >= 4 is 43.1 Å². The summed E-state index contributed by atoms with van der Waals surface area (Å²) in [4.78, 5) is 9.95. The summed E-state index contributed by atoms with van der Waals surface area (Å²) < 4.78 is 0. The van der Waals surface area contributed by atoms with E-state index in [0.29, 0.717) is 0 Å². The lowest BCUT2D eigenvalue weighted by molar-refractivity contribution is -0.118. The molecule has 1 atom stereocenters. The first-order valence-electron chi connectivity index (χ1n) is 2.17. The van der Waals surface area contributed by atoms with E-state index in [0.717, 1.165) is 0 Å². The van der Waals surface area contributed by atoms with Gasteiger partial charge in [0, 0.05) is 12.5 Å². The number of carbonyl (C=O) groups is 1. The number of hydrogen-bond acceptors (Lipinski definition) is 2. The molecule has 0 rings (SSSR count). The number of nitrogens with two attached hydrogens (primary N) is 2. The van der Waals surface area contributed by atoms with Crippen LogP contribution in [0.15, 0.2) is 0 Å². The summed E-state index contributed by atoms with van der Waals surface area (Å²) in [7, 11) is 0. The molecule has 0 aromatic heterocycles. The van der Waals surface area contributed by atoms with E-state index in [9.17, 15) is 4.79 Å². The summed E-state index contributed by atoms with van der Waals surface area (Å²) in [6.07, 6.45) is 0.278. The van der Waals surface area contributed by atoms with Gasteiger partial charge in [0.15, 0.2) is 0 Å². The first-order valence-corrected chi connectivity index (χ1v) is 2.17. The molecule has 3 nitrogen and oxygen atoms in total. The van der Waals surface area contributed by atoms with Crippen molar-refractivity contribution in [3.05, 3.63) is 0 Å². The first kappa shape index (κ1) is 22.4. The Balaban J connectivity index is -0.0000000600. The molecule has 0 spiro atoms. The Bertz CT molecular complexity index is 78.9. The molecule has 66 valence electrons. The Morgan fingerprint density at radius 2 is 1.70 bits per heavy atom. The zero-order chi connectivity index (χ0) is 5.86.